The molecule has 0 aliphatic carbocycles. The van der Waals surface area contributed by atoms with Gasteiger partial charge in [0.15, 0.2) is 5.78 Å². The Morgan fingerprint density at radius 1 is 0.897 bits per heavy atom. The molecule has 2 rings (SSSR count). The lowest BCUT2D eigenvalue weighted by molar-refractivity contribution is -0.116. The van der Waals surface area contributed by atoms with Crippen molar-refractivity contribution in [1.82, 2.24) is 0 Å². The molecule has 0 spiro atoms. The van der Waals surface area contributed by atoms with Crippen LogP contribution in [0.2, 0.25) is 0 Å². The number of unbranched alkanes of at least 4 members (excludes halogenated alkanes) is 2. The minimum absolute atomic E-state index is 0.0839. The molecule has 0 aromatic heterocycles. The quantitative estimate of drug-likeness (QED) is 0.407. The average Bonchev–Trinajstić information content (AvgIpc) is 2.75. The summed E-state index contributed by atoms with van der Waals surface area (Å²) in [7, 11) is 3.08. The van der Waals surface area contributed by atoms with Crippen LogP contribution in [-0.2, 0) is 4.79 Å². The monoisotopic (exact) mass is 399 g/mol. The highest BCUT2D eigenvalue weighted by Gasteiger charge is 2.12. The van der Waals surface area contributed by atoms with Crippen LogP contribution in [0.3, 0.4) is 0 Å². The molecule has 0 heterocycles. The number of benzene rings is 2. The first-order valence-electron chi connectivity index (χ1n) is 9.85. The molecule has 0 aliphatic rings. The summed E-state index contributed by atoms with van der Waals surface area (Å²) in [6.07, 6.45) is 3.52. The van der Waals surface area contributed by atoms with Crippen molar-refractivity contribution in [2.45, 2.75) is 39.0 Å². The molecule has 0 saturated heterocycles. The summed E-state index contributed by atoms with van der Waals surface area (Å²) in [4.78, 5) is 24.6. The molecule has 156 valence electrons. The second-order valence-electron chi connectivity index (χ2n) is 6.62. The first-order valence-corrected chi connectivity index (χ1v) is 9.85. The number of nitrogens with one attached hydrogen (secondary N) is 1. The summed E-state index contributed by atoms with van der Waals surface area (Å²) < 4.78 is 16.1. The summed E-state index contributed by atoms with van der Waals surface area (Å²) >= 11 is 0. The zero-order valence-electron chi connectivity index (χ0n) is 17.3. The third-order valence-corrected chi connectivity index (χ3v) is 4.45. The van der Waals surface area contributed by atoms with E-state index in [9.17, 15) is 9.59 Å². The molecule has 0 atom stereocenters. The second-order valence-corrected chi connectivity index (χ2v) is 6.62. The van der Waals surface area contributed by atoms with Crippen molar-refractivity contribution >= 4 is 17.4 Å². The molecule has 2 aromatic carbocycles. The van der Waals surface area contributed by atoms with Gasteiger partial charge in [-0.15, -0.1) is 0 Å². The first-order chi connectivity index (χ1) is 14.1. The zero-order valence-corrected chi connectivity index (χ0v) is 17.3. The first kappa shape index (κ1) is 22.3. The fourth-order valence-electron chi connectivity index (χ4n) is 2.77. The molecule has 0 saturated carbocycles. The lowest BCUT2D eigenvalue weighted by atomic mass is 10.1. The van der Waals surface area contributed by atoms with Crippen LogP contribution in [0, 0.1) is 0 Å². The number of carbonyl (C=O) groups is 2. The topological polar surface area (TPSA) is 73.9 Å². The van der Waals surface area contributed by atoms with Crippen molar-refractivity contribution in [1.29, 1.82) is 0 Å². The summed E-state index contributed by atoms with van der Waals surface area (Å²) in [6.45, 7) is 2.82. The molecule has 0 fully saturated rings. The van der Waals surface area contributed by atoms with Gasteiger partial charge in [0.2, 0.25) is 5.91 Å². The van der Waals surface area contributed by atoms with Crippen LogP contribution in [0.4, 0.5) is 5.69 Å². The Kier molecular flexibility index (Phi) is 9.02. The molecule has 29 heavy (non-hydrogen) atoms. The van der Waals surface area contributed by atoms with Gasteiger partial charge in [-0.3, -0.25) is 9.59 Å². The number of carbonyl (C=O) groups excluding carboxylic acids is 2. The van der Waals surface area contributed by atoms with E-state index in [2.05, 4.69) is 12.2 Å². The van der Waals surface area contributed by atoms with Crippen molar-refractivity contribution in [2.75, 3.05) is 26.1 Å². The molecule has 2 aromatic rings. The Morgan fingerprint density at radius 3 is 2.28 bits per heavy atom. The van der Waals surface area contributed by atoms with Crippen LogP contribution in [0.25, 0.3) is 0 Å². The smallest absolute Gasteiger partial charge is 0.224 e. The van der Waals surface area contributed by atoms with Crippen LogP contribution in [0.5, 0.6) is 17.2 Å². The van der Waals surface area contributed by atoms with Crippen molar-refractivity contribution in [3.8, 4) is 17.2 Å². The minimum Gasteiger partial charge on any atom is -0.497 e. The normalized spacial score (nSPS) is 10.3. The van der Waals surface area contributed by atoms with E-state index in [0.717, 1.165) is 25.0 Å². The molecule has 6 nitrogen and oxygen atoms in total. The highest BCUT2D eigenvalue weighted by atomic mass is 16.5. The number of ketones is 1. The Balaban J connectivity index is 1.83. The third-order valence-electron chi connectivity index (χ3n) is 4.45. The molecule has 0 radical (unpaired) electrons. The van der Waals surface area contributed by atoms with E-state index in [1.54, 1.807) is 49.6 Å². The molecular weight excluding hydrogens is 370 g/mol. The van der Waals surface area contributed by atoms with Crippen LogP contribution in [-0.4, -0.2) is 32.5 Å². The van der Waals surface area contributed by atoms with Gasteiger partial charge in [-0.1, -0.05) is 19.8 Å². The van der Waals surface area contributed by atoms with E-state index in [0.29, 0.717) is 29.4 Å². The molecule has 0 bridgehead atoms. The summed E-state index contributed by atoms with van der Waals surface area (Å²) in [5.74, 6) is 1.55. The summed E-state index contributed by atoms with van der Waals surface area (Å²) in [5, 5.41) is 2.77. The van der Waals surface area contributed by atoms with Gasteiger partial charge in [0, 0.05) is 24.5 Å². The highest BCUT2D eigenvalue weighted by molar-refractivity contribution is 6.00. The number of hydrogen-bond acceptors (Lipinski definition) is 5. The molecule has 1 N–H and O–H groups in total. The lowest BCUT2D eigenvalue weighted by Crippen LogP contribution is -2.14. The Morgan fingerprint density at radius 2 is 1.62 bits per heavy atom. The summed E-state index contributed by atoms with van der Waals surface area (Å²) in [6, 6.07) is 12.2. The number of amides is 1. The predicted molar refractivity (Wildman–Crippen MR) is 113 cm³/mol. The molecule has 1 amide bonds. The maximum Gasteiger partial charge on any atom is 0.224 e. The minimum atomic E-state index is -0.252. The average molecular weight is 399 g/mol. The van der Waals surface area contributed by atoms with Crippen LogP contribution >= 0.6 is 0 Å². The SMILES string of the molecule is CCCCCOc1ccc(C(=O)CCC(=O)Nc2ccc(OC)cc2OC)cc1. The molecule has 0 unspecified atom stereocenters. The Bertz CT molecular complexity index is 801. The third kappa shape index (κ3) is 7.14. The molecular formula is C23H29NO5. The van der Waals surface area contributed by atoms with Gasteiger partial charge >= 0.3 is 0 Å². The van der Waals surface area contributed by atoms with E-state index >= 15 is 0 Å². The van der Waals surface area contributed by atoms with E-state index in [-0.39, 0.29) is 24.5 Å². The predicted octanol–water partition coefficient (Wildman–Crippen LogP) is 4.87. The maximum atomic E-state index is 12.4. The van der Waals surface area contributed by atoms with Gasteiger partial charge in [-0.25, -0.2) is 0 Å². The lowest BCUT2D eigenvalue weighted by Gasteiger charge is -2.11. The Hall–Kier alpha value is -3.02. The van der Waals surface area contributed by atoms with Gasteiger partial charge in [-0.05, 0) is 42.8 Å². The molecule has 6 heteroatoms. The number of ether oxygens (including phenoxy) is 3. The van der Waals surface area contributed by atoms with Crippen molar-refractivity contribution in [3.63, 3.8) is 0 Å². The van der Waals surface area contributed by atoms with Gasteiger partial charge in [-0.2, -0.15) is 0 Å². The molecule has 0 aliphatic heterocycles. The number of rotatable bonds is 12. The van der Waals surface area contributed by atoms with E-state index < -0.39 is 0 Å². The largest absolute Gasteiger partial charge is 0.497 e. The van der Waals surface area contributed by atoms with Crippen molar-refractivity contribution < 1.29 is 23.8 Å². The number of hydrogen-bond donors (Lipinski definition) is 1. The standard InChI is InChI=1S/C23H29NO5/c1-4-5-6-15-29-18-9-7-17(8-10-18)21(25)13-14-23(26)24-20-12-11-19(27-2)16-22(20)28-3/h7-12,16H,4-6,13-15H2,1-3H3,(H,24,26). The number of Topliss-reactive ketones (excluding diaryl/α,β-unsaturated/α-hetero) is 1. The van der Waals surface area contributed by atoms with Gasteiger partial charge in [0.1, 0.15) is 17.2 Å². The van der Waals surface area contributed by atoms with Crippen molar-refractivity contribution in [3.05, 3.63) is 48.0 Å². The van der Waals surface area contributed by atoms with E-state index in [1.165, 1.54) is 7.11 Å². The van der Waals surface area contributed by atoms with Crippen molar-refractivity contribution in [2.24, 2.45) is 0 Å². The summed E-state index contributed by atoms with van der Waals surface area (Å²) in [5.41, 5.74) is 1.11. The van der Waals surface area contributed by atoms with Gasteiger partial charge in [0.05, 0.1) is 26.5 Å². The van der Waals surface area contributed by atoms with Crippen LogP contribution in [0.15, 0.2) is 42.5 Å². The fraction of sp³-hybridized carbons (Fsp3) is 0.391. The zero-order chi connectivity index (χ0) is 21.1. The number of methoxy groups -OCH3 is 2. The van der Waals surface area contributed by atoms with Crippen LogP contribution < -0.4 is 19.5 Å². The fourth-order valence-corrected chi connectivity index (χ4v) is 2.77. The maximum absolute atomic E-state index is 12.4. The highest BCUT2D eigenvalue weighted by Crippen LogP contribution is 2.29. The second kappa shape index (κ2) is 11.7. The Labute approximate surface area is 172 Å². The van der Waals surface area contributed by atoms with Gasteiger partial charge in [0.25, 0.3) is 0 Å². The van der Waals surface area contributed by atoms with E-state index in [4.69, 9.17) is 14.2 Å². The van der Waals surface area contributed by atoms with Crippen LogP contribution in [0.1, 0.15) is 49.4 Å². The number of anilines is 1. The van der Waals surface area contributed by atoms with E-state index in [1.807, 2.05) is 0 Å². The van der Waals surface area contributed by atoms with Gasteiger partial charge < -0.3 is 19.5 Å².